The molecule has 2 aromatic carbocycles. The van der Waals surface area contributed by atoms with Gasteiger partial charge in [-0.25, -0.2) is 9.37 Å². The van der Waals surface area contributed by atoms with Crippen LogP contribution in [0.15, 0.2) is 66.7 Å². The zero-order valence-corrected chi connectivity index (χ0v) is 42.6. The second-order valence-electron chi connectivity index (χ2n) is 18.0. The van der Waals surface area contributed by atoms with E-state index in [0.29, 0.717) is 5.56 Å². The molecule has 0 spiro atoms. The lowest BCUT2D eigenvalue weighted by atomic mass is 9.92. The molecule has 1 atom stereocenters. The number of nitrogens with zero attached hydrogens (tertiary/aromatic N) is 5. The highest BCUT2D eigenvalue weighted by molar-refractivity contribution is 7.31. The molecule has 0 saturated carbocycles. The first kappa shape index (κ1) is 48.2. The van der Waals surface area contributed by atoms with Crippen molar-refractivity contribution in [2.24, 2.45) is 5.92 Å². The SMILES string of the molecule is CCCCCCCCN(CCCCCCCC)c1ccc(-c2ccc(-c3nc(N(C)C)c(-c4cc5sc(-c6ccc(CCC(CC)CCCC)cc6F)cc5s4)c4nsnc34)s2)cc1. The van der Waals surface area contributed by atoms with Crippen molar-refractivity contribution in [3.05, 3.63) is 78.1 Å². The molecule has 7 rings (SSSR count). The van der Waals surface area contributed by atoms with Gasteiger partial charge in [0, 0.05) is 62.5 Å². The first-order valence-corrected chi connectivity index (χ1v) is 27.6. The van der Waals surface area contributed by atoms with E-state index in [2.05, 4.69) is 106 Å². The standard InChI is InChI=1S/C54H70FN5S4/c1-7-11-14-16-18-20-33-60(34-21-19-17-15-12-8-2)41-28-26-40(27-29-41)44-31-32-45(61-44)51-53-52(57-64-58-53)50(54(56-51)59(5)6)49-37-48-47(63-49)36-46(62-48)42-30-25-39(35-43(42)55)24-23-38(10-4)22-13-9-3/h25-32,35-38H,7-24,33-34H2,1-6H3. The van der Waals surface area contributed by atoms with E-state index in [0.717, 1.165) is 89.6 Å². The summed E-state index contributed by atoms with van der Waals surface area (Å²) in [6, 6.07) is 24.0. The second-order valence-corrected chi connectivity index (χ2v) is 21.7. The highest BCUT2D eigenvalue weighted by Gasteiger charge is 2.25. The van der Waals surface area contributed by atoms with E-state index < -0.39 is 0 Å². The zero-order valence-electron chi connectivity index (χ0n) is 39.3. The predicted molar refractivity (Wildman–Crippen MR) is 283 cm³/mol. The minimum Gasteiger partial charge on any atom is -0.372 e. The number of benzene rings is 2. The number of aryl methyl sites for hydroxylation is 1. The van der Waals surface area contributed by atoms with Crippen LogP contribution in [-0.2, 0) is 6.42 Å². The van der Waals surface area contributed by atoms with Crippen molar-refractivity contribution in [3.63, 3.8) is 0 Å². The summed E-state index contributed by atoms with van der Waals surface area (Å²) in [6.07, 6.45) is 22.9. The second kappa shape index (κ2) is 24.2. The number of pyridine rings is 1. The van der Waals surface area contributed by atoms with Crippen molar-refractivity contribution in [1.82, 2.24) is 13.7 Å². The van der Waals surface area contributed by atoms with Crippen molar-refractivity contribution in [2.45, 2.75) is 143 Å². The largest absolute Gasteiger partial charge is 0.372 e. The van der Waals surface area contributed by atoms with Gasteiger partial charge in [-0.3, -0.25) is 0 Å². The maximum Gasteiger partial charge on any atom is 0.139 e. The molecule has 5 nitrogen and oxygen atoms in total. The molecular weight excluding hydrogens is 866 g/mol. The average molecular weight is 936 g/mol. The molecule has 0 radical (unpaired) electrons. The van der Waals surface area contributed by atoms with Gasteiger partial charge in [0.1, 0.15) is 28.4 Å². The lowest BCUT2D eigenvalue weighted by Crippen LogP contribution is -2.25. The van der Waals surface area contributed by atoms with Gasteiger partial charge >= 0.3 is 0 Å². The fourth-order valence-electron chi connectivity index (χ4n) is 8.97. The summed E-state index contributed by atoms with van der Waals surface area (Å²) < 4.78 is 27.7. The first-order valence-electron chi connectivity index (χ1n) is 24.4. The lowest BCUT2D eigenvalue weighted by molar-refractivity contribution is 0.421. The molecule has 0 fully saturated rings. The topological polar surface area (TPSA) is 45.2 Å². The Morgan fingerprint density at radius 1 is 0.594 bits per heavy atom. The van der Waals surface area contributed by atoms with Crippen LogP contribution in [-0.4, -0.2) is 40.9 Å². The number of anilines is 2. The van der Waals surface area contributed by atoms with Gasteiger partial charge in [0.15, 0.2) is 0 Å². The number of unbranched alkanes of at least 4 members (excludes halogenated alkanes) is 11. The van der Waals surface area contributed by atoms with Crippen molar-refractivity contribution >= 4 is 77.7 Å². The molecule has 0 bridgehead atoms. The molecule has 0 aliphatic heterocycles. The van der Waals surface area contributed by atoms with Crippen LogP contribution in [0, 0.1) is 11.7 Å². The number of thiophene rings is 3. The van der Waals surface area contributed by atoms with Gasteiger partial charge in [-0.2, -0.15) is 8.75 Å². The van der Waals surface area contributed by atoms with Crippen molar-refractivity contribution in [3.8, 4) is 41.9 Å². The van der Waals surface area contributed by atoms with Gasteiger partial charge in [0.2, 0.25) is 0 Å². The van der Waals surface area contributed by atoms with E-state index in [1.165, 1.54) is 131 Å². The number of fused-ring (bicyclic) bond motifs is 2. The van der Waals surface area contributed by atoms with E-state index in [1.807, 2.05) is 6.07 Å². The molecule has 342 valence electrons. The highest BCUT2D eigenvalue weighted by atomic mass is 32.1. The minimum absolute atomic E-state index is 0.129. The molecule has 5 heterocycles. The first-order chi connectivity index (χ1) is 31.3. The summed E-state index contributed by atoms with van der Waals surface area (Å²) in [5.41, 5.74) is 7.94. The van der Waals surface area contributed by atoms with Crippen LogP contribution in [0.25, 0.3) is 62.3 Å². The molecule has 5 aromatic heterocycles. The van der Waals surface area contributed by atoms with Crippen LogP contribution >= 0.6 is 45.7 Å². The molecule has 10 heteroatoms. The smallest absolute Gasteiger partial charge is 0.139 e. The maximum atomic E-state index is 15.7. The van der Waals surface area contributed by atoms with Gasteiger partial charge in [-0.05, 0) is 85.2 Å². The summed E-state index contributed by atoms with van der Waals surface area (Å²) in [5, 5.41) is 0. The van der Waals surface area contributed by atoms with Crippen LogP contribution in [0.1, 0.15) is 142 Å². The van der Waals surface area contributed by atoms with Crippen molar-refractivity contribution < 1.29 is 4.39 Å². The third-order valence-corrected chi connectivity index (χ3v) is 16.9. The number of hydrogen-bond acceptors (Lipinski definition) is 9. The lowest BCUT2D eigenvalue weighted by Gasteiger charge is -2.25. The van der Waals surface area contributed by atoms with E-state index in [-0.39, 0.29) is 5.82 Å². The number of hydrogen-bond donors (Lipinski definition) is 0. The Kier molecular flexibility index (Phi) is 18.2. The Labute approximate surface area is 399 Å². The van der Waals surface area contributed by atoms with E-state index in [9.17, 15) is 0 Å². The summed E-state index contributed by atoms with van der Waals surface area (Å²) in [7, 11) is 4.11. The third-order valence-electron chi connectivity index (χ3n) is 12.9. The molecule has 7 aromatic rings. The van der Waals surface area contributed by atoms with Crippen LogP contribution < -0.4 is 9.80 Å². The van der Waals surface area contributed by atoms with E-state index in [4.69, 9.17) is 13.7 Å². The van der Waals surface area contributed by atoms with Gasteiger partial charge < -0.3 is 9.80 Å². The third kappa shape index (κ3) is 12.2. The zero-order chi connectivity index (χ0) is 44.8. The van der Waals surface area contributed by atoms with Gasteiger partial charge in [-0.1, -0.05) is 142 Å². The molecule has 1 unspecified atom stereocenters. The Balaban J connectivity index is 1.08. The number of aromatic nitrogens is 3. The Morgan fingerprint density at radius 3 is 1.88 bits per heavy atom. The van der Waals surface area contributed by atoms with E-state index in [1.54, 1.807) is 40.1 Å². The minimum atomic E-state index is -0.129. The van der Waals surface area contributed by atoms with Crippen LogP contribution in [0.2, 0.25) is 0 Å². The summed E-state index contributed by atoms with van der Waals surface area (Å²) >= 11 is 6.40. The van der Waals surface area contributed by atoms with Gasteiger partial charge in [0.25, 0.3) is 0 Å². The number of rotatable bonds is 27. The van der Waals surface area contributed by atoms with Crippen LogP contribution in [0.5, 0.6) is 0 Å². The summed E-state index contributed by atoms with van der Waals surface area (Å²) in [6.45, 7) is 11.4. The fourth-order valence-corrected chi connectivity index (χ4v) is 13.0. The molecule has 0 aliphatic rings. The predicted octanol–water partition coefficient (Wildman–Crippen LogP) is 18.0. The van der Waals surface area contributed by atoms with E-state index >= 15 is 4.39 Å². The van der Waals surface area contributed by atoms with Gasteiger partial charge in [0.05, 0.1) is 22.2 Å². The average Bonchev–Trinajstić information content (AvgIpc) is 4.13. The molecule has 64 heavy (non-hydrogen) atoms. The summed E-state index contributed by atoms with van der Waals surface area (Å²) in [5.74, 6) is 1.46. The Morgan fingerprint density at radius 2 is 1.22 bits per heavy atom. The molecular formula is C54H70FN5S4. The fraction of sp³-hybridized carbons (Fsp3) is 0.500. The van der Waals surface area contributed by atoms with Crippen LogP contribution in [0.4, 0.5) is 15.9 Å². The molecule has 0 saturated heterocycles. The Bertz CT molecular complexity index is 2450. The number of halogens is 1. The van der Waals surface area contributed by atoms with Gasteiger partial charge in [-0.15, -0.1) is 34.0 Å². The summed E-state index contributed by atoms with van der Waals surface area (Å²) in [4.78, 5) is 14.5. The quantitative estimate of drug-likeness (QED) is 0.0481. The molecule has 0 aliphatic carbocycles. The molecule has 0 N–H and O–H groups in total. The Hall–Kier alpha value is -3.70. The molecule has 0 amide bonds. The van der Waals surface area contributed by atoms with Crippen molar-refractivity contribution in [2.75, 3.05) is 37.0 Å². The maximum absolute atomic E-state index is 15.7. The van der Waals surface area contributed by atoms with Crippen molar-refractivity contribution in [1.29, 1.82) is 0 Å². The van der Waals surface area contributed by atoms with Crippen LogP contribution in [0.3, 0.4) is 0 Å². The normalized spacial score (nSPS) is 12.2. The highest BCUT2D eigenvalue weighted by Crippen LogP contribution is 2.48. The monoisotopic (exact) mass is 935 g/mol.